The van der Waals surface area contributed by atoms with Gasteiger partial charge in [-0.1, -0.05) is 13.8 Å². The molecule has 0 heterocycles. The van der Waals surface area contributed by atoms with Crippen molar-refractivity contribution < 1.29 is 19.5 Å². The van der Waals surface area contributed by atoms with E-state index in [2.05, 4.69) is 5.32 Å². The van der Waals surface area contributed by atoms with Gasteiger partial charge in [0.1, 0.15) is 12.6 Å². The number of amides is 2. The molecule has 1 atom stereocenters. The largest absolute Gasteiger partial charge is 0.480 e. The highest BCUT2D eigenvalue weighted by molar-refractivity contribution is 5.89. The minimum absolute atomic E-state index is 0.0769. The third kappa shape index (κ3) is 5.28. The third-order valence-corrected chi connectivity index (χ3v) is 3.10. The number of carbonyl (C=O) groups excluding carboxylic acids is 2. The van der Waals surface area contributed by atoms with Crippen molar-refractivity contribution in [3.63, 3.8) is 0 Å². The Balaban J connectivity index is 2.74. The number of carboxylic acid groups (broad SMARTS) is 1. The Labute approximate surface area is 113 Å². The van der Waals surface area contributed by atoms with Gasteiger partial charge in [-0.15, -0.1) is 0 Å². The molecule has 2 N–H and O–H groups in total. The third-order valence-electron chi connectivity index (χ3n) is 3.10. The highest BCUT2D eigenvalue weighted by atomic mass is 16.4. The van der Waals surface area contributed by atoms with E-state index in [-0.39, 0.29) is 24.3 Å². The number of hydrogen-bond donors (Lipinski definition) is 2. The van der Waals surface area contributed by atoms with Gasteiger partial charge >= 0.3 is 5.97 Å². The first-order chi connectivity index (χ1) is 8.81. The lowest BCUT2D eigenvalue weighted by atomic mass is 10.0. The van der Waals surface area contributed by atoms with Crippen LogP contribution in [0.15, 0.2) is 0 Å². The van der Waals surface area contributed by atoms with Gasteiger partial charge in [0.05, 0.1) is 0 Å². The molecule has 0 saturated heterocycles. The first-order valence-electron chi connectivity index (χ1n) is 6.59. The fraction of sp³-hybridized carbons (Fsp3) is 0.769. The molecule has 6 heteroatoms. The molecule has 0 spiro atoms. The first kappa shape index (κ1) is 15.5. The molecule has 1 fully saturated rings. The van der Waals surface area contributed by atoms with Crippen LogP contribution in [0.1, 0.15) is 33.6 Å². The predicted octanol–water partition coefficient (Wildman–Crippen LogP) is 0.470. The highest BCUT2D eigenvalue weighted by Gasteiger charge is 2.33. The van der Waals surface area contributed by atoms with E-state index in [0.29, 0.717) is 12.5 Å². The summed E-state index contributed by atoms with van der Waals surface area (Å²) in [4.78, 5) is 35.7. The molecule has 19 heavy (non-hydrogen) atoms. The molecule has 1 aliphatic carbocycles. The van der Waals surface area contributed by atoms with Crippen LogP contribution in [0.4, 0.5) is 0 Å². The molecule has 1 unspecified atom stereocenters. The fourth-order valence-electron chi connectivity index (χ4n) is 1.94. The van der Waals surface area contributed by atoms with Crippen LogP contribution < -0.4 is 5.32 Å². The number of hydrogen-bond acceptors (Lipinski definition) is 3. The lowest BCUT2D eigenvalue weighted by molar-refractivity contribution is -0.146. The van der Waals surface area contributed by atoms with E-state index in [1.54, 1.807) is 0 Å². The van der Waals surface area contributed by atoms with Gasteiger partial charge < -0.3 is 15.3 Å². The van der Waals surface area contributed by atoms with E-state index in [1.807, 2.05) is 13.8 Å². The van der Waals surface area contributed by atoms with Crippen molar-refractivity contribution in [3.05, 3.63) is 0 Å². The second-order valence-corrected chi connectivity index (χ2v) is 5.48. The van der Waals surface area contributed by atoms with E-state index >= 15 is 0 Å². The normalized spacial score (nSPS) is 16.0. The van der Waals surface area contributed by atoms with Crippen LogP contribution in [0, 0.1) is 11.8 Å². The summed E-state index contributed by atoms with van der Waals surface area (Å²) in [5, 5.41) is 11.5. The smallest absolute Gasteiger partial charge is 0.323 e. The molecule has 1 rings (SSSR count). The SMILES string of the molecule is CC(=O)NC(C(=O)N(CC(=O)O)CC1CC1)C(C)C. The first-order valence-corrected chi connectivity index (χ1v) is 6.59. The summed E-state index contributed by atoms with van der Waals surface area (Å²) < 4.78 is 0. The van der Waals surface area contributed by atoms with Crippen molar-refractivity contribution in [1.29, 1.82) is 0 Å². The average molecular weight is 270 g/mol. The van der Waals surface area contributed by atoms with Gasteiger partial charge in [0, 0.05) is 13.5 Å². The molecule has 2 amide bonds. The zero-order valence-corrected chi connectivity index (χ0v) is 11.7. The molecule has 0 aromatic rings. The van der Waals surface area contributed by atoms with Gasteiger partial charge in [0.15, 0.2) is 0 Å². The molecule has 108 valence electrons. The number of nitrogens with zero attached hydrogens (tertiary/aromatic N) is 1. The minimum Gasteiger partial charge on any atom is -0.480 e. The van der Waals surface area contributed by atoms with Gasteiger partial charge in [-0.2, -0.15) is 0 Å². The molecule has 0 bridgehead atoms. The zero-order valence-electron chi connectivity index (χ0n) is 11.7. The van der Waals surface area contributed by atoms with Gasteiger partial charge in [-0.05, 0) is 24.7 Å². The van der Waals surface area contributed by atoms with Crippen LogP contribution >= 0.6 is 0 Å². The molecular formula is C13H22N2O4. The van der Waals surface area contributed by atoms with Gasteiger partial charge in [0.25, 0.3) is 0 Å². The molecule has 1 saturated carbocycles. The highest BCUT2D eigenvalue weighted by Crippen LogP contribution is 2.30. The van der Waals surface area contributed by atoms with Crippen LogP contribution in [0.5, 0.6) is 0 Å². The lowest BCUT2D eigenvalue weighted by Crippen LogP contribution is -2.52. The van der Waals surface area contributed by atoms with Crippen LogP contribution in [0.3, 0.4) is 0 Å². The van der Waals surface area contributed by atoms with Crippen LogP contribution in [0.25, 0.3) is 0 Å². The number of rotatable bonds is 7. The monoisotopic (exact) mass is 270 g/mol. The Bertz CT molecular complexity index is 364. The molecule has 0 radical (unpaired) electrons. The van der Waals surface area contributed by atoms with Gasteiger partial charge in [-0.25, -0.2) is 0 Å². The van der Waals surface area contributed by atoms with E-state index in [0.717, 1.165) is 12.8 Å². The van der Waals surface area contributed by atoms with Crippen molar-refractivity contribution in [2.75, 3.05) is 13.1 Å². The van der Waals surface area contributed by atoms with E-state index in [1.165, 1.54) is 11.8 Å². The molecule has 0 aliphatic heterocycles. The topological polar surface area (TPSA) is 86.7 Å². The standard InChI is InChI=1S/C13H22N2O4/c1-8(2)12(14-9(3)16)13(19)15(7-11(17)18)6-10-4-5-10/h8,10,12H,4-7H2,1-3H3,(H,14,16)(H,17,18). The van der Waals surface area contributed by atoms with Crippen molar-refractivity contribution in [1.82, 2.24) is 10.2 Å². The summed E-state index contributed by atoms with van der Waals surface area (Å²) >= 11 is 0. The molecule has 0 aromatic carbocycles. The van der Waals surface area contributed by atoms with E-state index in [4.69, 9.17) is 5.11 Å². The lowest BCUT2D eigenvalue weighted by Gasteiger charge is -2.28. The van der Waals surface area contributed by atoms with Gasteiger partial charge in [0.2, 0.25) is 11.8 Å². The summed E-state index contributed by atoms with van der Waals surface area (Å²) in [6.45, 7) is 5.17. The maximum absolute atomic E-state index is 12.4. The number of carboxylic acids is 1. The average Bonchev–Trinajstić information content (AvgIpc) is 3.06. The zero-order chi connectivity index (χ0) is 14.6. The predicted molar refractivity (Wildman–Crippen MR) is 69.4 cm³/mol. The molecule has 1 aliphatic rings. The van der Waals surface area contributed by atoms with Gasteiger partial charge in [-0.3, -0.25) is 14.4 Å². The second-order valence-electron chi connectivity index (χ2n) is 5.48. The Kier molecular flexibility index (Phi) is 5.32. The number of carbonyl (C=O) groups is 3. The van der Waals surface area contributed by atoms with Crippen LogP contribution in [0.2, 0.25) is 0 Å². The summed E-state index contributed by atoms with van der Waals surface area (Å²) in [5.41, 5.74) is 0. The molecule has 6 nitrogen and oxygen atoms in total. The van der Waals surface area contributed by atoms with Crippen molar-refractivity contribution in [2.24, 2.45) is 11.8 Å². The van der Waals surface area contributed by atoms with Crippen LogP contribution in [-0.2, 0) is 14.4 Å². The molecular weight excluding hydrogens is 248 g/mol. The number of aliphatic carboxylic acids is 1. The van der Waals surface area contributed by atoms with E-state index < -0.39 is 12.0 Å². The minimum atomic E-state index is -1.03. The Morgan fingerprint density at radius 1 is 1.32 bits per heavy atom. The number of nitrogens with one attached hydrogen (secondary N) is 1. The van der Waals surface area contributed by atoms with Crippen molar-refractivity contribution in [3.8, 4) is 0 Å². The summed E-state index contributed by atoms with van der Waals surface area (Å²) in [6, 6.07) is -0.657. The molecule has 0 aromatic heterocycles. The maximum atomic E-state index is 12.4. The summed E-state index contributed by atoms with van der Waals surface area (Å²) in [6.07, 6.45) is 2.08. The van der Waals surface area contributed by atoms with Crippen molar-refractivity contribution >= 4 is 17.8 Å². The maximum Gasteiger partial charge on any atom is 0.323 e. The Morgan fingerprint density at radius 2 is 1.89 bits per heavy atom. The summed E-state index contributed by atoms with van der Waals surface area (Å²) in [5.74, 6) is -1.28. The quantitative estimate of drug-likeness (QED) is 0.704. The summed E-state index contributed by atoms with van der Waals surface area (Å²) in [7, 11) is 0. The van der Waals surface area contributed by atoms with E-state index in [9.17, 15) is 14.4 Å². The van der Waals surface area contributed by atoms with Crippen molar-refractivity contribution in [2.45, 2.75) is 39.7 Å². The Hall–Kier alpha value is -1.59. The van der Waals surface area contributed by atoms with Crippen LogP contribution in [-0.4, -0.2) is 46.9 Å². The second kappa shape index (κ2) is 6.54. The Morgan fingerprint density at radius 3 is 2.26 bits per heavy atom. The fourth-order valence-corrected chi connectivity index (χ4v) is 1.94.